The number of amides is 1. The predicted octanol–water partition coefficient (Wildman–Crippen LogP) is 1.56. The highest BCUT2D eigenvalue weighted by Crippen LogP contribution is 2.25. The number of sulfonamides is 1. The zero-order valence-corrected chi connectivity index (χ0v) is 15.2. The fourth-order valence-corrected chi connectivity index (χ4v) is 4.54. The minimum atomic E-state index is -3.65. The maximum absolute atomic E-state index is 12.8. The van der Waals surface area contributed by atoms with Crippen molar-refractivity contribution in [1.29, 1.82) is 0 Å². The van der Waals surface area contributed by atoms with Crippen molar-refractivity contribution in [3.63, 3.8) is 0 Å². The van der Waals surface area contributed by atoms with Crippen LogP contribution in [0.25, 0.3) is 0 Å². The maximum Gasteiger partial charge on any atom is 0.248 e. The topological polar surface area (TPSA) is 83.7 Å². The Bertz CT molecular complexity index is 669. The van der Waals surface area contributed by atoms with E-state index in [2.05, 4.69) is 5.16 Å². The molecule has 0 aromatic carbocycles. The molecule has 1 aliphatic heterocycles. The summed E-state index contributed by atoms with van der Waals surface area (Å²) >= 11 is 0. The molecule has 1 aromatic heterocycles. The summed E-state index contributed by atoms with van der Waals surface area (Å²) in [6.45, 7) is 10.5. The molecule has 1 amide bonds. The van der Waals surface area contributed by atoms with Crippen molar-refractivity contribution in [2.45, 2.75) is 45.9 Å². The van der Waals surface area contributed by atoms with Crippen LogP contribution in [-0.2, 0) is 14.8 Å². The molecule has 8 heteroatoms. The number of hydrogen-bond donors (Lipinski definition) is 0. The van der Waals surface area contributed by atoms with Crippen LogP contribution in [0, 0.1) is 19.3 Å². The van der Waals surface area contributed by atoms with Gasteiger partial charge in [-0.3, -0.25) is 4.79 Å². The molecular formula is C15H25N3O4S. The number of carbonyl (C=O) groups is 1. The molecule has 1 aromatic rings. The lowest BCUT2D eigenvalue weighted by Gasteiger charge is -2.28. The molecule has 0 saturated carbocycles. The van der Waals surface area contributed by atoms with E-state index in [4.69, 9.17) is 4.52 Å². The lowest BCUT2D eigenvalue weighted by molar-refractivity contribution is -0.139. The van der Waals surface area contributed by atoms with Crippen molar-refractivity contribution < 1.29 is 17.7 Å². The van der Waals surface area contributed by atoms with E-state index in [1.807, 2.05) is 20.8 Å². The normalized spacial score (nSPS) is 18.0. The number of aryl methyl sites for hydroxylation is 2. The molecule has 2 rings (SSSR count). The van der Waals surface area contributed by atoms with Gasteiger partial charge in [0.15, 0.2) is 5.76 Å². The molecule has 0 aliphatic carbocycles. The van der Waals surface area contributed by atoms with Gasteiger partial charge in [-0.2, -0.15) is 4.31 Å². The Labute approximate surface area is 137 Å². The van der Waals surface area contributed by atoms with E-state index in [-0.39, 0.29) is 17.3 Å². The third kappa shape index (κ3) is 3.58. The Morgan fingerprint density at radius 3 is 2.30 bits per heavy atom. The monoisotopic (exact) mass is 343 g/mol. The first-order valence-corrected chi connectivity index (χ1v) is 9.21. The molecule has 0 unspecified atom stereocenters. The van der Waals surface area contributed by atoms with Gasteiger partial charge in [-0.1, -0.05) is 25.9 Å². The SMILES string of the molecule is Cc1noc(C)c1S(=O)(=O)N1CCCN(C(=O)C(C)(C)C)CC1. The Balaban J connectivity index is 2.19. The van der Waals surface area contributed by atoms with Crippen LogP contribution >= 0.6 is 0 Å². The third-order valence-corrected chi connectivity index (χ3v) is 6.09. The molecular weight excluding hydrogens is 318 g/mol. The average molecular weight is 343 g/mol. The van der Waals surface area contributed by atoms with Crippen LogP contribution in [0.4, 0.5) is 0 Å². The first-order valence-electron chi connectivity index (χ1n) is 7.77. The van der Waals surface area contributed by atoms with Crippen LogP contribution in [0.1, 0.15) is 38.6 Å². The van der Waals surface area contributed by atoms with E-state index < -0.39 is 15.4 Å². The number of rotatable bonds is 2. The third-order valence-electron chi connectivity index (χ3n) is 3.95. The number of carbonyl (C=O) groups excluding carboxylic acids is 1. The van der Waals surface area contributed by atoms with Gasteiger partial charge in [0, 0.05) is 31.6 Å². The predicted molar refractivity (Wildman–Crippen MR) is 85.4 cm³/mol. The lowest BCUT2D eigenvalue weighted by Crippen LogP contribution is -2.42. The molecule has 130 valence electrons. The molecule has 1 saturated heterocycles. The average Bonchev–Trinajstić information content (AvgIpc) is 2.66. The highest BCUT2D eigenvalue weighted by atomic mass is 32.2. The molecule has 1 fully saturated rings. The van der Waals surface area contributed by atoms with Gasteiger partial charge in [0.1, 0.15) is 10.6 Å². The van der Waals surface area contributed by atoms with Crippen molar-refractivity contribution in [2.24, 2.45) is 5.41 Å². The first-order chi connectivity index (χ1) is 10.5. The quantitative estimate of drug-likeness (QED) is 0.814. The molecule has 0 radical (unpaired) electrons. The standard InChI is InChI=1S/C15H25N3O4S/c1-11-13(12(2)22-16-11)23(20,21)18-8-6-7-17(9-10-18)14(19)15(3,4)5/h6-10H2,1-5H3. The second-order valence-corrected chi connectivity index (χ2v) is 8.83. The zero-order valence-electron chi connectivity index (χ0n) is 14.4. The molecule has 0 bridgehead atoms. The van der Waals surface area contributed by atoms with Gasteiger partial charge in [-0.15, -0.1) is 0 Å². The molecule has 0 atom stereocenters. The van der Waals surface area contributed by atoms with Gasteiger partial charge in [-0.25, -0.2) is 8.42 Å². The Morgan fingerprint density at radius 2 is 1.78 bits per heavy atom. The lowest BCUT2D eigenvalue weighted by atomic mass is 9.94. The van der Waals surface area contributed by atoms with Crippen molar-refractivity contribution in [1.82, 2.24) is 14.4 Å². The van der Waals surface area contributed by atoms with E-state index in [1.165, 1.54) is 4.31 Å². The fourth-order valence-electron chi connectivity index (χ4n) is 2.78. The van der Waals surface area contributed by atoms with E-state index in [0.717, 1.165) is 0 Å². The minimum absolute atomic E-state index is 0.0501. The van der Waals surface area contributed by atoms with Gasteiger partial charge in [0.05, 0.1) is 0 Å². The van der Waals surface area contributed by atoms with Gasteiger partial charge in [0.25, 0.3) is 0 Å². The summed E-state index contributed by atoms with van der Waals surface area (Å²) in [6, 6.07) is 0. The van der Waals surface area contributed by atoms with Crippen LogP contribution in [0.15, 0.2) is 9.42 Å². The summed E-state index contributed by atoms with van der Waals surface area (Å²) < 4.78 is 32.1. The molecule has 0 spiro atoms. The van der Waals surface area contributed by atoms with E-state index in [1.54, 1.807) is 18.7 Å². The second kappa shape index (κ2) is 6.24. The fraction of sp³-hybridized carbons (Fsp3) is 0.733. The van der Waals surface area contributed by atoms with Crippen molar-refractivity contribution >= 4 is 15.9 Å². The summed E-state index contributed by atoms with van der Waals surface area (Å²) in [6.07, 6.45) is 0.616. The van der Waals surface area contributed by atoms with Gasteiger partial charge < -0.3 is 9.42 Å². The van der Waals surface area contributed by atoms with Crippen molar-refractivity contribution in [3.8, 4) is 0 Å². The van der Waals surface area contributed by atoms with E-state index in [0.29, 0.717) is 37.5 Å². The summed E-state index contributed by atoms with van der Waals surface area (Å²) in [5.41, 5.74) is -0.0928. The zero-order chi connectivity index (χ0) is 17.4. The molecule has 0 N–H and O–H groups in total. The highest BCUT2D eigenvalue weighted by Gasteiger charge is 2.34. The highest BCUT2D eigenvalue weighted by molar-refractivity contribution is 7.89. The first kappa shape index (κ1) is 17.9. The molecule has 2 heterocycles. The second-order valence-electron chi connectivity index (χ2n) is 6.95. The Kier molecular flexibility index (Phi) is 4.86. The van der Waals surface area contributed by atoms with Crippen LogP contribution < -0.4 is 0 Å². The Hall–Kier alpha value is -1.41. The van der Waals surface area contributed by atoms with Crippen LogP contribution in [0.5, 0.6) is 0 Å². The van der Waals surface area contributed by atoms with Crippen LogP contribution in [-0.4, -0.2) is 54.9 Å². The van der Waals surface area contributed by atoms with Gasteiger partial charge >= 0.3 is 0 Å². The smallest absolute Gasteiger partial charge is 0.248 e. The summed E-state index contributed by atoms with van der Waals surface area (Å²) in [5.74, 6) is 0.350. The Morgan fingerprint density at radius 1 is 1.13 bits per heavy atom. The van der Waals surface area contributed by atoms with E-state index >= 15 is 0 Å². The molecule has 7 nitrogen and oxygen atoms in total. The number of nitrogens with zero attached hydrogens (tertiary/aromatic N) is 3. The van der Waals surface area contributed by atoms with Gasteiger partial charge in [-0.05, 0) is 20.3 Å². The van der Waals surface area contributed by atoms with Gasteiger partial charge in [0.2, 0.25) is 15.9 Å². The van der Waals surface area contributed by atoms with E-state index in [9.17, 15) is 13.2 Å². The summed E-state index contributed by atoms with van der Waals surface area (Å²) in [7, 11) is -3.65. The maximum atomic E-state index is 12.8. The van der Waals surface area contributed by atoms with Crippen molar-refractivity contribution in [2.75, 3.05) is 26.2 Å². The summed E-state index contributed by atoms with van der Waals surface area (Å²) in [5, 5.41) is 3.73. The number of aromatic nitrogens is 1. The molecule has 23 heavy (non-hydrogen) atoms. The minimum Gasteiger partial charge on any atom is -0.360 e. The van der Waals surface area contributed by atoms with Crippen LogP contribution in [0.3, 0.4) is 0 Å². The summed E-state index contributed by atoms with van der Waals surface area (Å²) in [4.78, 5) is 14.3. The van der Waals surface area contributed by atoms with Crippen LogP contribution in [0.2, 0.25) is 0 Å². The van der Waals surface area contributed by atoms with Crippen molar-refractivity contribution in [3.05, 3.63) is 11.5 Å². The number of hydrogen-bond acceptors (Lipinski definition) is 5. The molecule has 1 aliphatic rings. The largest absolute Gasteiger partial charge is 0.360 e.